The smallest absolute Gasteiger partial charge is 0.0540 e. The van der Waals surface area contributed by atoms with Gasteiger partial charge in [-0.2, -0.15) is 0 Å². The van der Waals surface area contributed by atoms with Gasteiger partial charge >= 0.3 is 0 Å². The Morgan fingerprint density at radius 1 is 1.60 bits per heavy atom. The highest BCUT2D eigenvalue weighted by Crippen LogP contribution is 2.00. The average molecular weight is 141 g/mol. The molecule has 0 saturated heterocycles. The van der Waals surface area contributed by atoms with Gasteiger partial charge < -0.3 is 5.21 Å². The van der Waals surface area contributed by atoms with Gasteiger partial charge in [0.15, 0.2) is 0 Å². The van der Waals surface area contributed by atoms with E-state index in [1.165, 1.54) is 0 Å². The zero-order valence-electron chi connectivity index (χ0n) is 6.51. The van der Waals surface area contributed by atoms with Crippen molar-refractivity contribution < 1.29 is 5.21 Å². The van der Waals surface area contributed by atoms with Gasteiger partial charge in [0, 0.05) is 0 Å². The highest BCUT2D eigenvalue weighted by Gasteiger charge is 1.90. The topological polar surface area (TPSA) is 32.6 Å². The molecule has 0 aliphatic carbocycles. The molecular weight excluding hydrogens is 126 g/mol. The second-order valence-corrected chi connectivity index (χ2v) is 2.37. The van der Waals surface area contributed by atoms with E-state index in [1.54, 1.807) is 0 Å². The number of unbranched alkanes of at least 4 members (excludes halogenated alkanes) is 2. The first-order chi connectivity index (χ1) is 4.81. The third-order valence-corrected chi connectivity index (χ3v) is 1.37. The lowest BCUT2D eigenvalue weighted by atomic mass is 10.1. The molecule has 58 valence electrons. The fourth-order valence-corrected chi connectivity index (χ4v) is 0.720. The molecule has 0 aliphatic heterocycles. The highest BCUT2D eigenvalue weighted by atomic mass is 16.4. The zero-order valence-corrected chi connectivity index (χ0v) is 6.51. The van der Waals surface area contributed by atoms with Gasteiger partial charge in [0.25, 0.3) is 0 Å². The van der Waals surface area contributed by atoms with Crippen LogP contribution in [-0.4, -0.2) is 10.9 Å². The number of oxime groups is 1. The summed E-state index contributed by atoms with van der Waals surface area (Å²) in [6.07, 6.45) is 6.08. The molecule has 0 rings (SSSR count). The minimum Gasteiger partial charge on any atom is -0.411 e. The first kappa shape index (κ1) is 9.21. The number of rotatable bonds is 5. The van der Waals surface area contributed by atoms with Crippen molar-refractivity contribution in [1.82, 2.24) is 0 Å². The summed E-state index contributed by atoms with van der Waals surface area (Å²) in [4.78, 5) is 0. The van der Waals surface area contributed by atoms with E-state index in [0.29, 0.717) is 0 Å². The molecule has 0 aromatic carbocycles. The SMILES string of the molecule is C=CCCCC/C(C)=N/O. The Morgan fingerprint density at radius 3 is 2.80 bits per heavy atom. The van der Waals surface area contributed by atoms with Crippen LogP contribution in [0.5, 0.6) is 0 Å². The van der Waals surface area contributed by atoms with E-state index in [0.717, 1.165) is 31.4 Å². The van der Waals surface area contributed by atoms with Crippen molar-refractivity contribution in [3.8, 4) is 0 Å². The van der Waals surface area contributed by atoms with Crippen LogP contribution in [0.1, 0.15) is 32.6 Å². The molecule has 0 bridgehead atoms. The third kappa shape index (κ3) is 5.35. The van der Waals surface area contributed by atoms with Gasteiger partial charge in [-0.15, -0.1) is 6.58 Å². The van der Waals surface area contributed by atoms with Crippen LogP contribution in [0.3, 0.4) is 0 Å². The molecule has 2 nitrogen and oxygen atoms in total. The first-order valence-corrected chi connectivity index (χ1v) is 3.59. The molecule has 10 heavy (non-hydrogen) atoms. The maximum absolute atomic E-state index is 8.26. The molecule has 1 N–H and O–H groups in total. The number of hydrogen-bond donors (Lipinski definition) is 1. The lowest BCUT2D eigenvalue weighted by Gasteiger charge is -1.95. The quantitative estimate of drug-likeness (QED) is 0.206. The highest BCUT2D eigenvalue weighted by molar-refractivity contribution is 5.81. The molecule has 0 saturated carbocycles. The van der Waals surface area contributed by atoms with Gasteiger partial charge in [0.2, 0.25) is 0 Å². The van der Waals surface area contributed by atoms with Crippen LogP contribution >= 0.6 is 0 Å². The number of nitrogens with zero attached hydrogens (tertiary/aromatic N) is 1. The molecule has 0 fully saturated rings. The molecule has 0 aliphatic rings. The van der Waals surface area contributed by atoms with E-state index in [-0.39, 0.29) is 0 Å². The normalized spacial score (nSPS) is 11.5. The largest absolute Gasteiger partial charge is 0.411 e. The Hall–Kier alpha value is -0.790. The molecule has 0 heterocycles. The number of hydrogen-bond acceptors (Lipinski definition) is 2. The van der Waals surface area contributed by atoms with Crippen molar-refractivity contribution in [2.45, 2.75) is 32.6 Å². The average Bonchev–Trinajstić information content (AvgIpc) is 1.98. The summed E-state index contributed by atoms with van der Waals surface area (Å²) in [5, 5.41) is 11.3. The van der Waals surface area contributed by atoms with Crippen LogP contribution in [0.4, 0.5) is 0 Å². The van der Waals surface area contributed by atoms with Gasteiger partial charge in [-0.05, 0) is 32.6 Å². The van der Waals surface area contributed by atoms with Crippen LogP contribution in [0.15, 0.2) is 17.8 Å². The molecule has 0 amide bonds. The van der Waals surface area contributed by atoms with Crippen LogP contribution < -0.4 is 0 Å². The van der Waals surface area contributed by atoms with E-state index in [2.05, 4.69) is 11.7 Å². The fourth-order valence-electron chi connectivity index (χ4n) is 0.720. The van der Waals surface area contributed by atoms with Crippen molar-refractivity contribution in [3.05, 3.63) is 12.7 Å². The zero-order chi connectivity index (χ0) is 7.82. The predicted octanol–water partition coefficient (Wildman–Crippen LogP) is 2.58. The lowest BCUT2D eigenvalue weighted by Crippen LogP contribution is -1.89. The van der Waals surface area contributed by atoms with Crippen LogP contribution in [0, 0.1) is 0 Å². The Morgan fingerprint density at radius 2 is 2.30 bits per heavy atom. The maximum atomic E-state index is 8.26. The van der Waals surface area contributed by atoms with Gasteiger partial charge in [0.05, 0.1) is 5.71 Å². The Kier molecular flexibility index (Phi) is 5.83. The first-order valence-electron chi connectivity index (χ1n) is 3.59. The van der Waals surface area contributed by atoms with E-state index in [4.69, 9.17) is 5.21 Å². The van der Waals surface area contributed by atoms with Crippen molar-refractivity contribution >= 4 is 5.71 Å². The summed E-state index contributed by atoms with van der Waals surface area (Å²) in [6, 6.07) is 0. The summed E-state index contributed by atoms with van der Waals surface area (Å²) in [5.41, 5.74) is 0.809. The predicted molar refractivity (Wildman–Crippen MR) is 43.6 cm³/mol. The minimum atomic E-state index is 0.809. The van der Waals surface area contributed by atoms with E-state index in [1.807, 2.05) is 13.0 Å². The summed E-state index contributed by atoms with van der Waals surface area (Å²) in [5.74, 6) is 0. The number of allylic oxidation sites excluding steroid dienone is 1. The van der Waals surface area contributed by atoms with E-state index >= 15 is 0 Å². The molecular formula is C8H15NO. The van der Waals surface area contributed by atoms with Crippen molar-refractivity contribution in [3.63, 3.8) is 0 Å². The second-order valence-electron chi connectivity index (χ2n) is 2.37. The summed E-state index contributed by atoms with van der Waals surface area (Å²) >= 11 is 0. The molecule has 0 radical (unpaired) electrons. The van der Waals surface area contributed by atoms with Gasteiger partial charge in [-0.1, -0.05) is 11.2 Å². The molecule has 0 aromatic heterocycles. The van der Waals surface area contributed by atoms with E-state index in [9.17, 15) is 0 Å². The summed E-state index contributed by atoms with van der Waals surface area (Å²) < 4.78 is 0. The monoisotopic (exact) mass is 141 g/mol. The summed E-state index contributed by atoms with van der Waals surface area (Å²) in [6.45, 7) is 5.45. The van der Waals surface area contributed by atoms with Crippen molar-refractivity contribution in [2.75, 3.05) is 0 Å². The van der Waals surface area contributed by atoms with Gasteiger partial charge in [-0.25, -0.2) is 0 Å². The standard InChI is InChI=1S/C8H15NO/c1-3-4-5-6-7-8(2)9-10/h3,10H,1,4-7H2,2H3/b9-8+. The fraction of sp³-hybridized carbons (Fsp3) is 0.625. The lowest BCUT2D eigenvalue weighted by molar-refractivity contribution is 0.317. The maximum Gasteiger partial charge on any atom is 0.0540 e. The Balaban J connectivity index is 3.11. The van der Waals surface area contributed by atoms with Crippen LogP contribution in [-0.2, 0) is 0 Å². The van der Waals surface area contributed by atoms with Gasteiger partial charge in [-0.3, -0.25) is 0 Å². The molecule has 2 heteroatoms. The third-order valence-electron chi connectivity index (χ3n) is 1.37. The molecule has 0 spiro atoms. The van der Waals surface area contributed by atoms with Crippen molar-refractivity contribution in [2.24, 2.45) is 5.16 Å². The Labute approximate surface area is 62.2 Å². The summed E-state index contributed by atoms with van der Waals surface area (Å²) in [7, 11) is 0. The minimum absolute atomic E-state index is 0.809. The van der Waals surface area contributed by atoms with Crippen LogP contribution in [0.2, 0.25) is 0 Å². The Bertz CT molecular complexity index is 118. The molecule has 0 aromatic rings. The molecule has 0 atom stereocenters. The van der Waals surface area contributed by atoms with Gasteiger partial charge in [0.1, 0.15) is 0 Å². The van der Waals surface area contributed by atoms with E-state index < -0.39 is 0 Å². The van der Waals surface area contributed by atoms with Crippen molar-refractivity contribution in [1.29, 1.82) is 0 Å². The van der Waals surface area contributed by atoms with Crippen LogP contribution in [0.25, 0.3) is 0 Å². The second kappa shape index (κ2) is 6.33. The molecule has 0 unspecified atom stereocenters.